The second-order valence-electron chi connectivity index (χ2n) is 4.47. The van der Waals surface area contributed by atoms with Gasteiger partial charge < -0.3 is 5.73 Å². The highest BCUT2D eigenvalue weighted by molar-refractivity contribution is 7.07. The second-order valence-corrected chi connectivity index (χ2v) is 5.19. The van der Waals surface area contributed by atoms with Crippen LogP contribution in [0, 0.1) is 0 Å². The van der Waals surface area contributed by atoms with Crippen LogP contribution in [0.5, 0.6) is 0 Å². The minimum absolute atomic E-state index is 0.356. The molecule has 1 aromatic carbocycles. The third-order valence-electron chi connectivity index (χ3n) is 3.10. The Hall–Kier alpha value is -1.23. The molecule has 1 heterocycles. The highest BCUT2D eigenvalue weighted by atomic mass is 32.1. The van der Waals surface area contributed by atoms with Crippen LogP contribution >= 0.6 is 11.3 Å². The molecule has 2 N–H and O–H groups in total. The minimum Gasteiger partial charge on any atom is -0.329 e. The van der Waals surface area contributed by atoms with Crippen molar-refractivity contribution in [1.82, 2.24) is 9.88 Å². The Kier molecular flexibility index (Phi) is 4.87. The summed E-state index contributed by atoms with van der Waals surface area (Å²) in [6, 6.07) is 10.8. The number of hydrogen-bond acceptors (Lipinski definition) is 4. The van der Waals surface area contributed by atoms with Crippen LogP contribution in [0.3, 0.4) is 0 Å². The smallest absolute Gasteiger partial charge is 0.0795 e. The van der Waals surface area contributed by atoms with Crippen molar-refractivity contribution in [2.24, 2.45) is 5.73 Å². The summed E-state index contributed by atoms with van der Waals surface area (Å²) in [5, 5.41) is 2.09. The van der Waals surface area contributed by atoms with Crippen LogP contribution < -0.4 is 5.73 Å². The van der Waals surface area contributed by atoms with Crippen molar-refractivity contribution in [3.8, 4) is 0 Å². The third-order valence-corrected chi connectivity index (χ3v) is 3.74. The van der Waals surface area contributed by atoms with Gasteiger partial charge in [-0.05, 0) is 19.0 Å². The van der Waals surface area contributed by atoms with E-state index in [9.17, 15) is 0 Å². The van der Waals surface area contributed by atoms with E-state index in [0.717, 1.165) is 18.7 Å². The van der Waals surface area contributed by atoms with E-state index in [1.807, 2.05) is 11.6 Å². The monoisotopic (exact) mass is 261 g/mol. The zero-order valence-corrected chi connectivity index (χ0v) is 11.4. The zero-order chi connectivity index (χ0) is 12.8. The van der Waals surface area contributed by atoms with E-state index in [-0.39, 0.29) is 0 Å². The lowest BCUT2D eigenvalue weighted by Gasteiger charge is -2.26. The van der Waals surface area contributed by atoms with E-state index in [2.05, 4.69) is 46.6 Å². The van der Waals surface area contributed by atoms with Gasteiger partial charge in [-0.25, -0.2) is 4.98 Å². The standard InChI is InChI=1S/C14H19N3S/c1-17(9-13-10-18-11-16-13)14(8-15)7-12-5-3-2-4-6-12/h2-6,10-11,14H,7-9,15H2,1H3. The van der Waals surface area contributed by atoms with Gasteiger partial charge in [0.1, 0.15) is 0 Å². The van der Waals surface area contributed by atoms with Crippen molar-refractivity contribution >= 4 is 11.3 Å². The van der Waals surface area contributed by atoms with Gasteiger partial charge >= 0.3 is 0 Å². The lowest BCUT2D eigenvalue weighted by molar-refractivity contribution is 0.235. The maximum absolute atomic E-state index is 5.89. The average Bonchev–Trinajstić information content (AvgIpc) is 2.90. The van der Waals surface area contributed by atoms with Crippen molar-refractivity contribution in [2.45, 2.75) is 19.0 Å². The first kappa shape index (κ1) is 13.2. The molecule has 1 atom stereocenters. The van der Waals surface area contributed by atoms with Gasteiger partial charge in [-0.3, -0.25) is 4.90 Å². The number of thiazole rings is 1. The maximum Gasteiger partial charge on any atom is 0.0795 e. The predicted octanol–water partition coefficient (Wildman–Crippen LogP) is 2.14. The Morgan fingerprint density at radius 3 is 2.72 bits per heavy atom. The number of likely N-dealkylation sites (N-methyl/N-ethyl adjacent to an activating group) is 1. The molecule has 96 valence electrons. The van der Waals surface area contributed by atoms with Crippen LogP contribution in [-0.4, -0.2) is 29.5 Å². The molecule has 0 aliphatic heterocycles. The topological polar surface area (TPSA) is 42.2 Å². The molecular formula is C14H19N3S. The van der Waals surface area contributed by atoms with E-state index in [1.165, 1.54) is 5.56 Å². The normalized spacial score (nSPS) is 12.8. The molecule has 1 aromatic heterocycles. The minimum atomic E-state index is 0.356. The van der Waals surface area contributed by atoms with Crippen molar-refractivity contribution < 1.29 is 0 Å². The molecule has 1 unspecified atom stereocenters. The summed E-state index contributed by atoms with van der Waals surface area (Å²) in [7, 11) is 2.11. The molecule has 0 saturated carbocycles. The second kappa shape index (κ2) is 6.64. The lowest BCUT2D eigenvalue weighted by atomic mass is 10.0. The van der Waals surface area contributed by atoms with Gasteiger partial charge in [-0.15, -0.1) is 11.3 Å². The molecule has 0 aliphatic rings. The molecule has 0 spiro atoms. The highest BCUT2D eigenvalue weighted by Gasteiger charge is 2.14. The number of rotatable bonds is 6. The number of nitrogens with two attached hydrogens (primary N) is 1. The van der Waals surface area contributed by atoms with Crippen LogP contribution in [0.15, 0.2) is 41.2 Å². The average molecular weight is 261 g/mol. The van der Waals surface area contributed by atoms with E-state index in [4.69, 9.17) is 5.73 Å². The maximum atomic E-state index is 5.89. The van der Waals surface area contributed by atoms with Gasteiger partial charge in [0.15, 0.2) is 0 Å². The van der Waals surface area contributed by atoms with Crippen LogP contribution in [0.2, 0.25) is 0 Å². The van der Waals surface area contributed by atoms with Crippen LogP contribution in [-0.2, 0) is 13.0 Å². The molecule has 0 aliphatic carbocycles. The Balaban J connectivity index is 1.95. The van der Waals surface area contributed by atoms with Crippen LogP contribution in [0.4, 0.5) is 0 Å². The van der Waals surface area contributed by atoms with Gasteiger partial charge in [0.25, 0.3) is 0 Å². The fourth-order valence-electron chi connectivity index (χ4n) is 2.01. The molecule has 0 bridgehead atoms. The summed E-state index contributed by atoms with van der Waals surface area (Å²) in [6.45, 7) is 1.52. The van der Waals surface area contributed by atoms with Gasteiger partial charge in [-0.2, -0.15) is 0 Å². The van der Waals surface area contributed by atoms with Gasteiger partial charge in [0.2, 0.25) is 0 Å². The predicted molar refractivity (Wildman–Crippen MR) is 76.6 cm³/mol. The Labute approximate surface area is 112 Å². The molecule has 4 heteroatoms. The molecule has 0 saturated heterocycles. The SMILES string of the molecule is CN(Cc1cscn1)C(CN)Cc1ccccc1. The number of nitrogens with zero attached hydrogens (tertiary/aromatic N) is 2. The summed E-state index contributed by atoms with van der Waals surface area (Å²) in [6.07, 6.45) is 0.984. The number of benzene rings is 1. The van der Waals surface area contributed by atoms with E-state index >= 15 is 0 Å². The first-order chi connectivity index (χ1) is 8.79. The quantitative estimate of drug-likeness (QED) is 0.866. The Morgan fingerprint density at radius 1 is 1.33 bits per heavy atom. The fourth-order valence-corrected chi connectivity index (χ4v) is 2.56. The van der Waals surface area contributed by atoms with E-state index in [1.54, 1.807) is 11.3 Å². The van der Waals surface area contributed by atoms with Gasteiger partial charge in [-0.1, -0.05) is 30.3 Å². The van der Waals surface area contributed by atoms with Crippen molar-refractivity contribution in [2.75, 3.05) is 13.6 Å². The van der Waals surface area contributed by atoms with Crippen molar-refractivity contribution in [3.05, 3.63) is 52.5 Å². The van der Waals surface area contributed by atoms with E-state index in [0.29, 0.717) is 12.6 Å². The van der Waals surface area contributed by atoms with Crippen LogP contribution in [0.25, 0.3) is 0 Å². The Morgan fingerprint density at radius 2 is 2.11 bits per heavy atom. The lowest BCUT2D eigenvalue weighted by Crippen LogP contribution is -2.39. The molecule has 0 fully saturated rings. The summed E-state index contributed by atoms with van der Waals surface area (Å²) in [5.74, 6) is 0. The zero-order valence-electron chi connectivity index (χ0n) is 10.6. The molecule has 18 heavy (non-hydrogen) atoms. The van der Waals surface area contributed by atoms with E-state index < -0.39 is 0 Å². The highest BCUT2D eigenvalue weighted by Crippen LogP contribution is 2.11. The summed E-state index contributed by atoms with van der Waals surface area (Å²) in [5.41, 5.74) is 10.2. The summed E-state index contributed by atoms with van der Waals surface area (Å²) < 4.78 is 0. The number of aromatic nitrogens is 1. The summed E-state index contributed by atoms with van der Waals surface area (Å²) in [4.78, 5) is 6.60. The summed E-state index contributed by atoms with van der Waals surface area (Å²) >= 11 is 1.64. The Bertz CT molecular complexity index is 441. The molecule has 2 rings (SSSR count). The molecule has 2 aromatic rings. The molecular weight excluding hydrogens is 242 g/mol. The largest absolute Gasteiger partial charge is 0.329 e. The first-order valence-electron chi connectivity index (χ1n) is 6.11. The van der Waals surface area contributed by atoms with Crippen molar-refractivity contribution in [3.63, 3.8) is 0 Å². The molecule has 0 radical (unpaired) electrons. The molecule has 3 nitrogen and oxygen atoms in total. The number of hydrogen-bond donors (Lipinski definition) is 1. The van der Waals surface area contributed by atoms with Crippen molar-refractivity contribution in [1.29, 1.82) is 0 Å². The molecule has 0 amide bonds. The van der Waals surface area contributed by atoms with Gasteiger partial charge in [0, 0.05) is 24.5 Å². The van der Waals surface area contributed by atoms with Gasteiger partial charge in [0.05, 0.1) is 11.2 Å². The fraction of sp³-hybridized carbons (Fsp3) is 0.357. The van der Waals surface area contributed by atoms with Crippen LogP contribution in [0.1, 0.15) is 11.3 Å². The third kappa shape index (κ3) is 3.63. The first-order valence-corrected chi connectivity index (χ1v) is 7.05.